The fraction of sp³-hybridized carbons (Fsp3) is 0.500. The van der Waals surface area contributed by atoms with Crippen LogP contribution in [0.3, 0.4) is 0 Å². The number of methoxy groups -OCH3 is 1. The van der Waals surface area contributed by atoms with Gasteiger partial charge in [0.05, 0.1) is 25.3 Å². The molecule has 1 amide bonds. The lowest BCUT2D eigenvalue weighted by Gasteiger charge is -2.24. The number of alkyl halides is 1. The highest BCUT2D eigenvalue weighted by atomic mass is 19.1. The molecule has 0 spiro atoms. The number of carbonyl (C=O) groups excluding carboxylic acids is 2. The molecule has 25 heavy (non-hydrogen) atoms. The van der Waals surface area contributed by atoms with Crippen molar-refractivity contribution in [1.29, 1.82) is 5.26 Å². The third kappa shape index (κ3) is 3.90. The van der Waals surface area contributed by atoms with Gasteiger partial charge in [0, 0.05) is 12.5 Å². The molecule has 0 aromatic heterocycles. The van der Waals surface area contributed by atoms with E-state index in [1.54, 1.807) is 45.0 Å². The summed E-state index contributed by atoms with van der Waals surface area (Å²) in [4.78, 5) is 25.5. The number of nitriles is 1. The van der Waals surface area contributed by atoms with E-state index in [9.17, 15) is 9.59 Å². The maximum Gasteiger partial charge on any atom is 0.410 e. The summed E-state index contributed by atoms with van der Waals surface area (Å²) >= 11 is 0. The van der Waals surface area contributed by atoms with Gasteiger partial charge in [-0.1, -0.05) is 12.1 Å². The molecule has 0 radical (unpaired) electrons. The molecule has 7 heteroatoms. The number of hydrogen-bond donors (Lipinski definition) is 0. The van der Waals surface area contributed by atoms with E-state index in [0.717, 1.165) is 7.11 Å². The zero-order chi connectivity index (χ0) is 18.8. The fourth-order valence-corrected chi connectivity index (χ4v) is 2.82. The second-order valence-corrected chi connectivity index (χ2v) is 7.00. The number of esters is 1. The molecule has 0 unspecified atom stereocenters. The number of amides is 1. The smallest absolute Gasteiger partial charge is 0.410 e. The van der Waals surface area contributed by atoms with Crippen molar-refractivity contribution in [2.24, 2.45) is 0 Å². The van der Waals surface area contributed by atoms with Gasteiger partial charge in [-0.05, 0) is 38.5 Å². The molecule has 6 nitrogen and oxygen atoms in total. The van der Waals surface area contributed by atoms with Crippen LogP contribution >= 0.6 is 0 Å². The van der Waals surface area contributed by atoms with Crippen LogP contribution in [0.5, 0.6) is 0 Å². The summed E-state index contributed by atoms with van der Waals surface area (Å²) < 4.78 is 25.4. The van der Waals surface area contributed by atoms with E-state index < -0.39 is 35.8 Å². The highest BCUT2D eigenvalue weighted by molar-refractivity contribution is 5.83. The molecule has 134 valence electrons. The largest absolute Gasteiger partial charge is 0.467 e. The number of hydrogen-bond acceptors (Lipinski definition) is 5. The molecule has 1 aliphatic rings. The summed E-state index contributed by atoms with van der Waals surface area (Å²) in [6.45, 7) is 4.66. The fourth-order valence-electron chi connectivity index (χ4n) is 2.82. The van der Waals surface area contributed by atoms with Crippen LogP contribution < -0.4 is 0 Å². The van der Waals surface area contributed by atoms with E-state index in [1.165, 1.54) is 4.90 Å². The van der Waals surface area contributed by atoms with Gasteiger partial charge in [0.2, 0.25) is 5.67 Å². The monoisotopic (exact) mass is 348 g/mol. The Kier molecular flexibility index (Phi) is 5.02. The number of nitrogens with zero attached hydrogens (tertiary/aromatic N) is 2. The van der Waals surface area contributed by atoms with Crippen molar-refractivity contribution < 1.29 is 23.5 Å². The van der Waals surface area contributed by atoms with Crippen LogP contribution in [0, 0.1) is 11.3 Å². The zero-order valence-electron chi connectivity index (χ0n) is 14.7. The molecule has 1 aliphatic heterocycles. The number of rotatable bonds is 2. The molecular weight excluding hydrogens is 327 g/mol. The standard InChI is InChI=1S/C18H21FN2O4/c1-17(2,3)25-16(23)21-10-14(18(19,11-21)15(22)24-4)13-7-5-12(9-20)6-8-13/h5-8,14H,10-11H2,1-4H3/t14-,18-/m0/s1. The lowest BCUT2D eigenvalue weighted by molar-refractivity contribution is -0.154. The second-order valence-electron chi connectivity index (χ2n) is 7.00. The zero-order valence-corrected chi connectivity index (χ0v) is 14.7. The number of carbonyl (C=O) groups is 2. The van der Waals surface area contributed by atoms with Crippen LogP contribution in [0.15, 0.2) is 24.3 Å². The Morgan fingerprint density at radius 1 is 1.32 bits per heavy atom. The predicted molar refractivity (Wildman–Crippen MR) is 87.6 cm³/mol. The van der Waals surface area contributed by atoms with Gasteiger partial charge in [-0.15, -0.1) is 0 Å². The van der Waals surface area contributed by atoms with Crippen molar-refractivity contribution in [3.63, 3.8) is 0 Å². The predicted octanol–water partition coefficient (Wildman–Crippen LogP) is 2.77. The molecule has 1 fully saturated rings. The molecule has 0 saturated carbocycles. The van der Waals surface area contributed by atoms with E-state index in [-0.39, 0.29) is 6.54 Å². The van der Waals surface area contributed by atoms with Gasteiger partial charge in [-0.3, -0.25) is 0 Å². The first-order valence-corrected chi connectivity index (χ1v) is 7.86. The average Bonchev–Trinajstić information content (AvgIpc) is 2.92. The third-order valence-corrected chi connectivity index (χ3v) is 3.99. The topological polar surface area (TPSA) is 79.6 Å². The Morgan fingerprint density at radius 2 is 1.92 bits per heavy atom. The van der Waals surface area contributed by atoms with Crippen molar-refractivity contribution in [2.45, 2.75) is 38.0 Å². The van der Waals surface area contributed by atoms with E-state index in [0.29, 0.717) is 11.1 Å². The molecule has 0 bridgehead atoms. The summed E-state index contributed by atoms with van der Waals surface area (Å²) in [6, 6.07) is 8.24. The third-order valence-electron chi connectivity index (χ3n) is 3.99. The number of ether oxygens (including phenoxy) is 2. The summed E-state index contributed by atoms with van der Waals surface area (Å²) in [5.41, 5.74) is -2.17. The Bertz CT molecular complexity index is 705. The molecule has 1 heterocycles. The van der Waals surface area contributed by atoms with Crippen molar-refractivity contribution in [3.05, 3.63) is 35.4 Å². The molecular formula is C18H21FN2O4. The van der Waals surface area contributed by atoms with Gasteiger partial charge in [-0.2, -0.15) is 5.26 Å². The highest BCUT2D eigenvalue weighted by Crippen LogP contribution is 2.40. The SMILES string of the molecule is COC(=O)[C@]1(F)CN(C(=O)OC(C)(C)C)C[C@H]1c1ccc(C#N)cc1. The van der Waals surface area contributed by atoms with Crippen molar-refractivity contribution in [2.75, 3.05) is 20.2 Å². The van der Waals surface area contributed by atoms with Crippen LogP contribution in [-0.4, -0.2) is 48.4 Å². The Labute approximate surface area is 146 Å². The summed E-state index contributed by atoms with van der Waals surface area (Å²) in [5, 5.41) is 8.88. The first kappa shape index (κ1) is 18.7. The van der Waals surface area contributed by atoms with Crippen molar-refractivity contribution in [3.8, 4) is 6.07 Å². The van der Waals surface area contributed by atoms with Gasteiger partial charge in [0.1, 0.15) is 5.60 Å². The number of likely N-dealkylation sites (tertiary alicyclic amines) is 1. The molecule has 0 aliphatic carbocycles. The summed E-state index contributed by atoms with van der Waals surface area (Å²) in [5.74, 6) is -1.94. The van der Waals surface area contributed by atoms with Crippen LogP contribution in [0.4, 0.5) is 9.18 Å². The summed E-state index contributed by atoms with van der Waals surface area (Å²) in [7, 11) is 1.11. The molecule has 1 aromatic rings. The molecule has 1 saturated heterocycles. The molecule has 2 rings (SSSR count). The number of halogens is 1. The van der Waals surface area contributed by atoms with Crippen LogP contribution in [0.25, 0.3) is 0 Å². The maximum atomic E-state index is 15.5. The second kappa shape index (κ2) is 6.71. The summed E-state index contributed by atoms with van der Waals surface area (Å²) in [6.07, 6.45) is -0.686. The quantitative estimate of drug-likeness (QED) is 0.768. The van der Waals surface area contributed by atoms with Gasteiger partial charge in [0.15, 0.2) is 0 Å². The molecule has 1 aromatic carbocycles. The lowest BCUT2D eigenvalue weighted by Crippen LogP contribution is -2.43. The highest BCUT2D eigenvalue weighted by Gasteiger charge is 2.56. The Hall–Kier alpha value is -2.62. The molecule has 2 atom stereocenters. The van der Waals surface area contributed by atoms with Gasteiger partial charge in [0.25, 0.3) is 0 Å². The van der Waals surface area contributed by atoms with Crippen molar-refractivity contribution >= 4 is 12.1 Å². The van der Waals surface area contributed by atoms with E-state index in [2.05, 4.69) is 4.74 Å². The van der Waals surface area contributed by atoms with E-state index in [4.69, 9.17) is 10.00 Å². The van der Waals surface area contributed by atoms with Crippen LogP contribution in [0.2, 0.25) is 0 Å². The minimum absolute atomic E-state index is 0.0214. The van der Waals surface area contributed by atoms with E-state index in [1.807, 2.05) is 6.07 Å². The normalized spacial score (nSPS) is 23.0. The number of benzene rings is 1. The van der Waals surface area contributed by atoms with Gasteiger partial charge < -0.3 is 14.4 Å². The Morgan fingerprint density at radius 3 is 2.40 bits per heavy atom. The average molecular weight is 348 g/mol. The van der Waals surface area contributed by atoms with Crippen LogP contribution in [-0.2, 0) is 14.3 Å². The first-order valence-electron chi connectivity index (χ1n) is 7.86. The Balaban J connectivity index is 2.33. The maximum absolute atomic E-state index is 15.5. The minimum Gasteiger partial charge on any atom is -0.467 e. The van der Waals surface area contributed by atoms with Gasteiger partial charge in [-0.25, -0.2) is 14.0 Å². The van der Waals surface area contributed by atoms with Gasteiger partial charge >= 0.3 is 12.1 Å². The van der Waals surface area contributed by atoms with Crippen LogP contribution in [0.1, 0.15) is 37.8 Å². The van der Waals surface area contributed by atoms with E-state index >= 15 is 4.39 Å². The lowest BCUT2D eigenvalue weighted by atomic mass is 9.86. The van der Waals surface area contributed by atoms with Crippen molar-refractivity contribution in [1.82, 2.24) is 4.90 Å². The minimum atomic E-state index is -2.38. The first-order chi connectivity index (χ1) is 11.6. The molecule has 0 N–H and O–H groups in total.